The molecule has 1 aliphatic heterocycles. The first-order chi connectivity index (χ1) is 10.3. The number of ether oxygens (including phenoxy) is 1. The van der Waals surface area contributed by atoms with Gasteiger partial charge in [-0.2, -0.15) is 5.10 Å². The van der Waals surface area contributed by atoms with E-state index >= 15 is 0 Å². The Hall–Kier alpha value is -1.72. The van der Waals surface area contributed by atoms with Crippen LogP contribution in [0.25, 0.3) is 0 Å². The van der Waals surface area contributed by atoms with Crippen molar-refractivity contribution in [1.82, 2.24) is 19.7 Å². The molecule has 0 radical (unpaired) electrons. The molecule has 5 heteroatoms. The first-order valence-corrected chi connectivity index (χ1v) is 7.47. The van der Waals surface area contributed by atoms with Crippen molar-refractivity contribution in [2.24, 2.45) is 0 Å². The number of hydrogen-bond donors (Lipinski definition) is 0. The lowest BCUT2D eigenvalue weighted by molar-refractivity contribution is 0.134. The average Bonchev–Trinajstić information content (AvgIpc) is 2.92. The second-order valence-corrected chi connectivity index (χ2v) is 5.54. The Morgan fingerprint density at radius 3 is 3.00 bits per heavy atom. The molecule has 21 heavy (non-hydrogen) atoms. The van der Waals surface area contributed by atoms with Crippen molar-refractivity contribution in [2.75, 3.05) is 20.3 Å². The number of rotatable bonds is 5. The summed E-state index contributed by atoms with van der Waals surface area (Å²) >= 11 is 0. The Labute approximate surface area is 125 Å². The molecule has 1 aliphatic rings. The van der Waals surface area contributed by atoms with Gasteiger partial charge in [0.2, 0.25) is 0 Å². The number of nitrogens with zero attached hydrogens (tertiary/aromatic N) is 4. The maximum absolute atomic E-state index is 5.39. The van der Waals surface area contributed by atoms with Crippen LogP contribution in [-0.4, -0.2) is 39.9 Å². The van der Waals surface area contributed by atoms with Crippen molar-refractivity contribution in [2.45, 2.75) is 32.5 Å². The number of hydrogen-bond acceptors (Lipinski definition) is 4. The predicted molar refractivity (Wildman–Crippen MR) is 80.9 cm³/mol. The van der Waals surface area contributed by atoms with Crippen LogP contribution in [0.1, 0.15) is 29.8 Å². The van der Waals surface area contributed by atoms with Crippen LogP contribution < -0.4 is 0 Å². The van der Waals surface area contributed by atoms with Gasteiger partial charge in [-0.1, -0.05) is 6.07 Å². The summed E-state index contributed by atoms with van der Waals surface area (Å²) in [4.78, 5) is 6.85. The van der Waals surface area contributed by atoms with E-state index in [-0.39, 0.29) is 0 Å². The molecule has 2 aromatic heterocycles. The fourth-order valence-corrected chi connectivity index (χ4v) is 2.98. The third kappa shape index (κ3) is 3.14. The molecule has 0 spiro atoms. The zero-order valence-electron chi connectivity index (χ0n) is 12.7. The van der Waals surface area contributed by atoms with Gasteiger partial charge < -0.3 is 4.74 Å². The molecule has 112 valence electrons. The van der Waals surface area contributed by atoms with Crippen molar-refractivity contribution in [3.8, 4) is 0 Å². The van der Waals surface area contributed by atoms with E-state index in [1.54, 1.807) is 7.11 Å². The van der Waals surface area contributed by atoms with Gasteiger partial charge in [-0.25, -0.2) is 0 Å². The molecule has 0 bridgehead atoms. The molecule has 3 heterocycles. The lowest BCUT2D eigenvalue weighted by Gasteiger charge is -2.31. The van der Waals surface area contributed by atoms with Gasteiger partial charge in [0.15, 0.2) is 0 Å². The van der Waals surface area contributed by atoms with E-state index in [9.17, 15) is 0 Å². The van der Waals surface area contributed by atoms with Crippen LogP contribution in [-0.2, 0) is 24.4 Å². The maximum atomic E-state index is 5.39. The predicted octanol–water partition coefficient (Wildman–Crippen LogP) is 2.04. The molecular weight excluding hydrogens is 264 g/mol. The third-order valence-electron chi connectivity index (χ3n) is 3.93. The van der Waals surface area contributed by atoms with E-state index in [4.69, 9.17) is 9.84 Å². The van der Waals surface area contributed by atoms with Gasteiger partial charge in [-0.3, -0.25) is 14.6 Å². The Bertz CT molecular complexity index is 581. The van der Waals surface area contributed by atoms with Crippen molar-refractivity contribution in [3.05, 3.63) is 47.5 Å². The lowest BCUT2D eigenvalue weighted by atomic mass is 9.97. The summed E-state index contributed by atoms with van der Waals surface area (Å²) in [5, 5.41) is 4.71. The Morgan fingerprint density at radius 2 is 2.29 bits per heavy atom. The summed E-state index contributed by atoms with van der Waals surface area (Å²) in [7, 11) is 1.76. The van der Waals surface area contributed by atoms with Crippen molar-refractivity contribution in [3.63, 3.8) is 0 Å². The Balaban J connectivity index is 1.79. The monoisotopic (exact) mass is 286 g/mol. The molecule has 2 aromatic rings. The standard InChI is InChI=1S/C16H22N4O/c1-3-20-10-13-8-19(11-15-6-4-5-7-17-15)9-14(12-21-2)16(13)18-20/h4-7,10,14H,3,8-9,11-12H2,1-2H3/t14-/m1/s1. The minimum absolute atomic E-state index is 0.343. The summed E-state index contributed by atoms with van der Waals surface area (Å²) in [5.41, 5.74) is 3.64. The van der Waals surface area contributed by atoms with Gasteiger partial charge in [0, 0.05) is 57.2 Å². The molecule has 0 saturated heterocycles. The van der Waals surface area contributed by atoms with Crippen LogP contribution in [0.4, 0.5) is 0 Å². The molecule has 0 N–H and O–H groups in total. The average molecular weight is 286 g/mol. The van der Waals surface area contributed by atoms with Gasteiger partial charge in [-0.05, 0) is 19.1 Å². The molecule has 3 rings (SSSR count). The van der Waals surface area contributed by atoms with E-state index in [0.29, 0.717) is 12.5 Å². The quantitative estimate of drug-likeness (QED) is 0.843. The van der Waals surface area contributed by atoms with Gasteiger partial charge in [0.25, 0.3) is 0 Å². The zero-order valence-corrected chi connectivity index (χ0v) is 12.7. The molecule has 0 amide bonds. The largest absolute Gasteiger partial charge is 0.384 e. The van der Waals surface area contributed by atoms with Crippen LogP contribution >= 0.6 is 0 Å². The van der Waals surface area contributed by atoms with E-state index < -0.39 is 0 Å². The molecule has 0 fully saturated rings. The smallest absolute Gasteiger partial charge is 0.0736 e. The second-order valence-electron chi connectivity index (χ2n) is 5.54. The molecular formula is C16H22N4O. The fraction of sp³-hybridized carbons (Fsp3) is 0.500. The Kier molecular flexibility index (Phi) is 4.31. The SMILES string of the molecule is CCn1cc2c(n1)[C@@H](COC)CN(Cc1ccccn1)C2. The van der Waals surface area contributed by atoms with Crippen molar-refractivity contribution < 1.29 is 4.74 Å². The minimum atomic E-state index is 0.343. The van der Waals surface area contributed by atoms with Crippen LogP contribution in [0.5, 0.6) is 0 Å². The van der Waals surface area contributed by atoms with E-state index in [2.05, 4.69) is 29.1 Å². The molecule has 1 atom stereocenters. The number of methoxy groups -OCH3 is 1. The fourth-order valence-electron chi connectivity index (χ4n) is 2.98. The van der Waals surface area contributed by atoms with E-state index in [0.717, 1.165) is 31.9 Å². The Morgan fingerprint density at radius 1 is 1.38 bits per heavy atom. The van der Waals surface area contributed by atoms with Crippen molar-refractivity contribution in [1.29, 1.82) is 0 Å². The summed E-state index contributed by atoms with van der Waals surface area (Å²) < 4.78 is 7.41. The maximum Gasteiger partial charge on any atom is 0.0736 e. The highest BCUT2D eigenvalue weighted by Crippen LogP contribution is 2.28. The van der Waals surface area contributed by atoms with Gasteiger partial charge in [0.05, 0.1) is 18.0 Å². The topological polar surface area (TPSA) is 43.2 Å². The number of aromatic nitrogens is 3. The third-order valence-corrected chi connectivity index (χ3v) is 3.93. The highest BCUT2D eigenvalue weighted by Gasteiger charge is 2.28. The number of aryl methyl sites for hydroxylation is 1. The molecule has 0 saturated carbocycles. The normalized spacial score (nSPS) is 18.7. The van der Waals surface area contributed by atoms with Crippen LogP contribution in [0, 0.1) is 0 Å². The lowest BCUT2D eigenvalue weighted by Crippen LogP contribution is -2.34. The first-order valence-electron chi connectivity index (χ1n) is 7.47. The van der Waals surface area contributed by atoms with Crippen LogP contribution in [0.2, 0.25) is 0 Å². The number of pyridine rings is 1. The summed E-state index contributed by atoms with van der Waals surface area (Å²) in [6.45, 7) is 6.52. The van der Waals surface area contributed by atoms with Crippen LogP contribution in [0.15, 0.2) is 30.6 Å². The van der Waals surface area contributed by atoms with Gasteiger partial charge >= 0.3 is 0 Å². The first kappa shape index (κ1) is 14.2. The van der Waals surface area contributed by atoms with Gasteiger partial charge in [0.1, 0.15) is 0 Å². The minimum Gasteiger partial charge on any atom is -0.384 e. The molecule has 5 nitrogen and oxygen atoms in total. The summed E-state index contributed by atoms with van der Waals surface area (Å²) in [5.74, 6) is 0.343. The van der Waals surface area contributed by atoms with Crippen molar-refractivity contribution >= 4 is 0 Å². The summed E-state index contributed by atoms with van der Waals surface area (Å²) in [6.07, 6.45) is 4.02. The molecule has 0 unspecified atom stereocenters. The number of fused-ring (bicyclic) bond motifs is 1. The van der Waals surface area contributed by atoms with E-state index in [1.807, 2.05) is 23.0 Å². The van der Waals surface area contributed by atoms with Crippen LogP contribution in [0.3, 0.4) is 0 Å². The second kappa shape index (κ2) is 6.37. The highest BCUT2D eigenvalue weighted by molar-refractivity contribution is 5.25. The molecule has 0 aliphatic carbocycles. The molecule has 0 aromatic carbocycles. The van der Waals surface area contributed by atoms with Gasteiger partial charge in [-0.15, -0.1) is 0 Å². The summed E-state index contributed by atoms with van der Waals surface area (Å²) in [6, 6.07) is 6.08. The van der Waals surface area contributed by atoms with E-state index in [1.165, 1.54) is 11.3 Å². The highest BCUT2D eigenvalue weighted by atomic mass is 16.5. The zero-order chi connectivity index (χ0) is 14.7.